The van der Waals surface area contributed by atoms with E-state index in [4.69, 9.17) is 16.2 Å². The first-order chi connectivity index (χ1) is 5.65. The molecule has 0 aliphatic carbocycles. The fourth-order valence-corrected chi connectivity index (χ4v) is 1.45. The third-order valence-corrected chi connectivity index (χ3v) is 2.43. The van der Waals surface area contributed by atoms with Gasteiger partial charge in [0.2, 0.25) is 0 Å². The first kappa shape index (κ1) is 9.89. The van der Waals surface area contributed by atoms with Gasteiger partial charge in [0.25, 0.3) is 0 Å². The molecule has 1 rings (SSSR count). The second-order valence-electron chi connectivity index (χ2n) is 3.44. The van der Waals surface area contributed by atoms with Crippen LogP contribution in [-0.2, 0) is 4.74 Å². The van der Waals surface area contributed by atoms with E-state index in [1.165, 1.54) is 0 Å². The molecule has 0 amide bonds. The zero-order valence-corrected chi connectivity index (χ0v) is 7.37. The lowest BCUT2D eigenvalue weighted by Gasteiger charge is -2.34. The Kier molecular flexibility index (Phi) is 3.43. The maximum atomic E-state index is 12.2. The van der Waals surface area contributed by atoms with E-state index in [0.29, 0.717) is 0 Å². The third-order valence-electron chi connectivity index (χ3n) is 2.43. The van der Waals surface area contributed by atoms with E-state index in [1.807, 2.05) is 6.92 Å². The van der Waals surface area contributed by atoms with Gasteiger partial charge in [-0.25, -0.2) is 4.39 Å². The van der Waals surface area contributed by atoms with Gasteiger partial charge in [0, 0.05) is 6.04 Å². The summed E-state index contributed by atoms with van der Waals surface area (Å²) in [5.41, 5.74) is 11.2. The predicted octanol–water partition coefficient (Wildman–Crippen LogP) is 0.178. The topological polar surface area (TPSA) is 61.3 Å². The Labute approximate surface area is 72.2 Å². The minimum atomic E-state index is -0.521. The van der Waals surface area contributed by atoms with Crippen molar-refractivity contribution in [2.45, 2.75) is 44.1 Å². The van der Waals surface area contributed by atoms with Crippen molar-refractivity contribution >= 4 is 0 Å². The van der Waals surface area contributed by atoms with Crippen molar-refractivity contribution in [1.82, 2.24) is 0 Å². The molecule has 0 spiro atoms. The molecule has 0 aromatic carbocycles. The summed E-state index contributed by atoms with van der Waals surface area (Å²) < 4.78 is 17.6. The number of ether oxygens (including phenoxy) is 1. The smallest absolute Gasteiger partial charge is 0.107 e. The van der Waals surface area contributed by atoms with E-state index in [0.717, 1.165) is 12.8 Å². The summed E-state index contributed by atoms with van der Waals surface area (Å²) in [6, 6.07) is -0.409. The van der Waals surface area contributed by atoms with Gasteiger partial charge >= 0.3 is 0 Å². The lowest BCUT2D eigenvalue weighted by atomic mass is 9.97. The minimum Gasteiger partial charge on any atom is -0.372 e. The molecule has 3 unspecified atom stereocenters. The van der Waals surface area contributed by atoms with Gasteiger partial charge in [0.15, 0.2) is 0 Å². The SMILES string of the molecule is C[C@H]1OC(C(N)CF)CCC1N. The van der Waals surface area contributed by atoms with Gasteiger partial charge in [0.1, 0.15) is 6.67 Å². The van der Waals surface area contributed by atoms with Crippen LogP contribution in [0, 0.1) is 0 Å². The molecular weight excluding hydrogens is 159 g/mol. The lowest BCUT2D eigenvalue weighted by Crippen LogP contribution is -2.49. The highest BCUT2D eigenvalue weighted by Crippen LogP contribution is 2.19. The highest BCUT2D eigenvalue weighted by atomic mass is 19.1. The molecule has 72 valence electrons. The maximum absolute atomic E-state index is 12.2. The van der Waals surface area contributed by atoms with Crippen LogP contribution in [0.25, 0.3) is 0 Å². The monoisotopic (exact) mass is 176 g/mol. The second kappa shape index (κ2) is 4.16. The van der Waals surface area contributed by atoms with Crippen LogP contribution in [-0.4, -0.2) is 31.0 Å². The molecule has 0 aromatic heterocycles. The Morgan fingerprint density at radius 2 is 2.25 bits per heavy atom. The van der Waals surface area contributed by atoms with E-state index in [1.54, 1.807) is 0 Å². The van der Waals surface area contributed by atoms with E-state index in [-0.39, 0.29) is 18.2 Å². The van der Waals surface area contributed by atoms with Crippen molar-refractivity contribution in [1.29, 1.82) is 0 Å². The van der Waals surface area contributed by atoms with Gasteiger partial charge in [0.05, 0.1) is 18.2 Å². The summed E-state index contributed by atoms with van der Waals surface area (Å²) in [4.78, 5) is 0. The number of rotatable bonds is 2. The van der Waals surface area contributed by atoms with Crippen LogP contribution in [0.15, 0.2) is 0 Å². The molecule has 0 aromatic rings. The maximum Gasteiger partial charge on any atom is 0.107 e. The molecule has 1 fully saturated rings. The Bertz CT molecular complexity index is 145. The van der Waals surface area contributed by atoms with Crippen LogP contribution in [0.4, 0.5) is 4.39 Å². The summed E-state index contributed by atoms with van der Waals surface area (Å²) in [7, 11) is 0. The molecule has 1 aliphatic heterocycles. The first-order valence-electron chi connectivity index (χ1n) is 4.37. The average molecular weight is 176 g/mol. The molecule has 3 nitrogen and oxygen atoms in total. The van der Waals surface area contributed by atoms with E-state index in [2.05, 4.69) is 0 Å². The quantitative estimate of drug-likeness (QED) is 0.631. The van der Waals surface area contributed by atoms with Crippen molar-refractivity contribution in [2.75, 3.05) is 6.67 Å². The lowest BCUT2D eigenvalue weighted by molar-refractivity contribution is -0.0645. The third kappa shape index (κ3) is 2.15. The molecule has 4 N–H and O–H groups in total. The van der Waals surface area contributed by atoms with Crippen molar-refractivity contribution in [3.8, 4) is 0 Å². The molecule has 1 aliphatic rings. The van der Waals surface area contributed by atoms with Crippen molar-refractivity contribution in [3.63, 3.8) is 0 Å². The zero-order valence-electron chi connectivity index (χ0n) is 7.37. The summed E-state index contributed by atoms with van der Waals surface area (Å²) in [6.45, 7) is 1.38. The van der Waals surface area contributed by atoms with Crippen LogP contribution in [0.1, 0.15) is 19.8 Å². The number of alkyl halides is 1. The fraction of sp³-hybridized carbons (Fsp3) is 1.00. The molecule has 4 heteroatoms. The Morgan fingerprint density at radius 1 is 1.58 bits per heavy atom. The molecule has 0 bridgehead atoms. The van der Waals surface area contributed by atoms with Gasteiger partial charge in [-0.1, -0.05) is 0 Å². The highest BCUT2D eigenvalue weighted by molar-refractivity contribution is 4.83. The molecule has 12 heavy (non-hydrogen) atoms. The largest absolute Gasteiger partial charge is 0.372 e. The van der Waals surface area contributed by atoms with Crippen LogP contribution in [0.3, 0.4) is 0 Å². The van der Waals surface area contributed by atoms with E-state index < -0.39 is 12.7 Å². The van der Waals surface area contributed by atoms with Crippen LogP contribution >= 0.6 is 0 Å². The number of hydrogen-bond donors (Lipinski definition) is 2. The second-order valence-corrected chi connectivity index (χ2v) is 3.44. The Balaban J connectivity index is 2.39. The Hall–Kier alpha value is -0.190. The number of halogens is 1. The van der Waals surface area contributed by atoms with Crippen molar-refractivity contribution < 1.29 is 9.13 Å². The van der Waals surface area contributed by atoms with Crippen LogP contribution < -0.4 is 11.5 Å². The van der Waals surface area contributed by atoms with Gasteiger partial charge in [-0.2, -0.15) is 0 Å². The average Bonchev–Trinajstić information content (AvgIpc) is 2.08. The normalized spacial score (nSPS) is 39.5. The minimum absolute atomic E-state index is 0.00125. The standard InChI is InChI=1S/C8H17FN2O/c1-5-6(10)2-3-8(12-5)7(11)4-9/h5-8H,2-4,10-11H2,1H3/t5-,6?,7?,8?/m1/s1. The number of nitrogens with two attached hydrogens (primary N) is 2. The number of hydrogen-bond acceptors (Lipinski definition) is 3. The zero-order chi connectivity index (χ0) is 9.14. The van der Waals surface area contributed by atoms with Crippen molar-refractivity contribution in [3.05, 3.63) is 0 Å². The van der Waals surface area contributed by atoms with Gasteiger partial charge in [-0.3, -0.25) is 0 Å². The molecule has 0 saturated carbocycles. The van der Waals surface area contributed by atoms with Gasteiger partial charge < -0.3 is 16.2 Å². The summed E-state index contributed by atoms with van der Waals surface area (Å²) >= 11 is 0. The molecular formula is C8H17FN2O. The molecule has 1 heterocycles. The van der Waals surface area contributed by atoms with E-state index in [9.17, 15) is 4.39 Å². The fourth-order valence-electron chi connectivity index (χ4n) is 1.45. The van der Waals surface area contributed by atoms with Crippen LogP contribution in [0.2, 0.25) is 0 Å². The molecule has 4 atom stereocenters. The predicted molar refractivity (Wildman–Crippen MR) is 45.5 cm³/mol. The highest BCUT2D eigenvalue weighted by Gasteiger charge is 2.29. The first-order valence-corrected chi connectivity index (χ1v) is 4.37. The van der Waals surface area contributed by atoms with Crippen molar-refractivity contribution in [2.24, 2.45) is 11.5 Å². The summed E-state index contributed by atoms with van der Waals surface area (Å²) in [5.74, 6) is 0. The Morgan fingerprint density at radius 3 is 2.75 bits per heavy atom. The summed E-state index contributed by atoms with van der Waals surface area (Å²) in [6.07, 6.45) is 1.50. The molecule has 0 radical (unpaired) electrons. The molecule has 1 saturated heterocycles. The van der Waals surface area contributed by atoms with Crippen LogP contribution in [0.5, 0.6) is 0 Å². The van der Waals surface area contributed by atoms with Gasteiger partial charge in [-0.05, 0) is 19.8 Å². The summed E-state index contributed by atoms with van der Waals surface area (Å²) in [5, 5.41) is 0. The van der Waals surface area contributed by atoms with Gasteiger partial charge in [-0.15, -0.1) is 0 Å². The van der Waals surface area contributed by atoms with E-state index >= 15 is 0 Å².